The Kier molecular flexibility index (Phi) is 24.2. The van der Waals surface area contributed by atoms with Crippen LogP contribution < -0.4 is 0 Å². The first-order chi connectivity index (χ1) is 18.7. The third-order valence-electron chi connectivity index (χ3n) is 8.88. The fourth-order valence-corrected chi connectivity index (χ4v) is 6.40. The summed E-state index contributed by atoms with van der Waals surface area (Å²) >= 11 is 0. The van der Waals surface area contributed by atoms with Gasteiger partial charge >= 0.3 is 0 Å². The van der Waals surface area contributed by atoms with Crippen molar-refractivity contribution in [2.24, 2.45) is 5.92 Å². The Balaban J connectivity index is 2.66. The highest BCUT2D eigenvalue weighted by Gasteiger charge is 2.24. The van der Waals surface area contributed by atoms with Crippen molar-refractivity contribution in [3.63, 3.8) is 0 Å². The minimum atomic E-state index is 0.529. The Hall–Kier alpha value is -0.980. The summed E-state index contributed by atoms with van der Waals surface area (Å²) in [5.41, 5.74) is 1.24. The van der Waals surface area contributed by atoms with Crippen molar-refractivity contribution in [2.75, 3.05) is 0 Å². The molecule has 0 saturated heterocycles. The van der Waals surface area contributed by atoms with Crippen LogP contribution in [-0.4, -0.2) is 5.11 Å². The van der Waals surface area contributed by atoms with Crippen LogP contribution in [0.2, 0.25) is 0 Å². The lowest BCUT2D eigenvalue weighted by Crippen LogP contribution is -2.14. The summed E-state index contributed by atoms with van der Waals surface area (Å²) in [7, 11) is 0. The van der Waals surface area contributed by atoms with Crippen LogP contribution in [0.1, 0.15) is 199 Å². The van der Waals surface area contributed by atoms with Gasteiger partial charge in [-0.25, -0.2) is 0 Å². The summed E-state index contributed by atoms with van der Waals surface area (Å²) in [4.78, 5) is 0. The fourth-order valence-electron chi connectivity index (χ4n) is 6.40. The molecular weight excluding hydrogens is 460 g/mol. The highest BCUT2D eigenvalue weighted by molar-refractivity contribution is 5.35. The monoisotopic (exact) mass is 529 g/mol. The number of hydrogen-bond donors (Lipinski definition) is 1. The zero-order valence-electron chi connectivity index (χ0n) is 26.3. The van der Waals surface area contributed by atoms with Gasteiger partial charge in [-0.15, -0.1) is 0 Å². The van der Waals surface area contributed by atoms with Crippen molar-refractivity contribution in [2.45, 2.75) is 194 Å². The lowest BCUT2D eigenvalue weighted by Gasteiger charge is -2.29. The number of benzene rings is 1. The molecule has 0 bridgehead atoms. The molecule has 1 N–H and O–H groups in total. The van der Waals surface area contributed by atoms with E-state index >= 15 is 0 Å². The smallest absolute Gasteiger partial charge is 0.119 e. The number of para-hydroxylation sites is 1. The molecule has 1 atom stereocenters. The highest BCUT2D eigenvalue weighted by atomic mass is 16.3. The molecule has 0 aliphatic heterocycles. The Morgan fingerprint density at radius 1 is 0.447 bits per heavy atom. The van der Waals surface area contributed by atoms with Gasteiger partial charge in [0.2, 0.25) is 0 Å². The van der Waals surface area contributed by atoms with E-state index in [2.05, 4.69) is 32.9 Å². The maximum absolute atomic E-state index is 10.9. The first kappa shape index (κ1) is 35.0. The second-order valence-corrected chi connectivity index (χ2v) is 12.4. The molecule has 1 nitrogen and oxygen atoms in total. The van der Waals surface area contributed by atoms with Gasteiger partial charge in [-0.3, -0.25) is 0 Å². The normalized spacial score (nSPS) is 12.4. The lowest BCUT2D eigenvalue weighted by atomic mass is 9.76. The molecule has 0 amide bonds. The van der Waals surface area contributed by atoms with E-state index in [1.54, 1.807) is 0 Å². The van der Waals surface area contributed by atoms with E-state index in [1.807, 2.05) is 12.1 Å². The number of phenolic OH excluding ortho intramolecular Hbond substituents is 1. The number of hydrogen-bond acceptors (Lipinski definition) is 1. The maximum atomic E-state index is 10.9. The van der Waals surface area contributed by atoms with Crippen LogP contribution in [0, 0.1) is 5.92 Å². The predicted molar refractivity (Wildman–Crippen MR) is 171 cm³/mol. The minimum Gasteiger partial charge on any atom is -0.508 e. The van der Waals surface area contributed by atoms with E-state index in [1.165, 1.54) is 173 Å². The first-order valence-corrected chi connectivity index (χ1v) is 17.5. The van der Waals surface area contributed by atoms with Crippen molar-refractivity contribution < 1.29 is 5.11 Å². The van der Waals surface area contributed by atoms with E-state index in [9.17, 15) is 5.11 Å². The van der Waals surface area contributed by atoms with Crippen molar-refractivity contribution in [3.05, 3.63) is 29.8 Å². The van der Waals surface area contributed by atoms with Crippen LogP contribution in [0.3, 0.4) is 0 Å². The van der Waals surface area contributed by atoms with Crippen LogP contribution >= 0.6 is 0 Å². The van der Waals surface area contributed by atoms with Crippen LogP contribution in [0.5, 0.6) is 5.75 Å². The van der Waals surface area contributed by atoms with E-state index in [4.69, 9.17) is 0 Å². The van der Waals surface area contributed by atoms with Crippen LogP contribution in [0.25, 0.3) is 0 Å². The van der Waals surface area contributed by atoms with Gasteiger partial charge in [-0.05, 0) is 42.7 Å². The number of rotatable bonds is 28. The van der Waals surface area contributed by atoms with Crippen molar-refractivity contribution >= 4 is 0 Å². The largest absolute Gasteiger partial charge is 0.508 e. The van der Waals surface area contributed by atoms with E-state index in [0.29, 0.717) is 11.7 Å². The zero-order valence-corrected chi connectivity index (χ0v) is 26.3. The molecule has 0 fully saturated rings. The van der Waals surface area contributed by atoms with Gasteiger partial charge in [0.05, 0.1) is 0 Å². The van der Waals surface area contributed by atoms with E-state index in [0.717, 1.165) is 5.92 Å². The molecular formula is C37H68O. The molecule has 1 rings (SSSR count). The molecule has 0 radical (unpaired) electrons. The topological polar surface area (TPSA) is 20.2 Å². The summed E-state index contributed by atoms with van der Waals surface area (Å²) in [6.07, 6.45) is 35.9. The summed E-state index contributed by atoms with van der Waals surface area (Å²) in [5.74, 6) is 1.79. The van der Waals surface area contributed by atoms with Gasteiger partial charge in [-0.2, -0.15) is 0 Å². The van der Waals surface area contributed by atoms with E-state index < -0.39 is 0 Å². The quantitative estimate of drug-likeness (QED) is 0.107. The van der Waals surface area contributed by atoms with E-state index in [-0.39, 0.29) is 0 Å². The molecule has 1 aromatic carbocycles. The van der Waals surface area contributed by atoms with Crippen LogP contribution in [0.4, 0.5) is 0 Å². The maximum Gasteiger partial charge on any atom is 0.119 e. The molecule has 0 spiro atoms. The zero-order chi connectivity index (χ0) is 27.5. The van der Waals surface area contributed by atoms with Gasteiger partial charge in [0, 0.05) is 0 Å². The number of aromatic hydroxyl groups is 1. The van der Waals surface area contributed by atoms with Crippen LogP contribution in [-0.2, 0) is 0 Å². The average Bonchev–Trinajstić information content (AvgIpc) is 2.93. The lowest BCUT2D eigenvalue weighted by molar-refractivity contribution is 0.314. The van der Waals surface area contributed by atoms with Gasteiger partial charge in [0.15, 0.2) is 0 Å². The second-order valence-electron chi connectivity index (χ2n) is 12.4. The molecule has 0 aliphatic carbocycles. The van der Waals surface area contributed by atoms with Crippen molar-refractivity contribution in [3.8, 4) is 5.75 Å². The molecule has 0 heterocycles. The predicted octanol–water partition coefficient (Wildman–Crippen LogP) is 13.3. The van der Waals surface area contributed by atoms with Gasteiger partial charge < -0.3 is 5.11 Å². The van der Waals surface area contributed by atoms with Gasteiger partial charge in [0.1, 0.15) is 5.75 Å². The highest BCUT2D eigenvalue weighted by Crippen LogP contribution is 2.40. The third-order valence-corrected chi connectivity index (χ3v) is 8.88. The SMILES string of the molecule is CCCCCCCCCCCC(c1ccccc1O)C(CCCCCCCCC)CCCCCCCCC. The third kappa shape index (κ3) is 18.3. The Bertz CT molecular complexity index is 590. The summed E-state index contributed by atoms with van der Waals surface area (Å²) in [6.45, 7) is 6.91. The summed E-state index contributed by atoms with van der Waals surface area (Å²) in [5, 5.41) is 10.9. The first-order valence-electron chi connectivity index (χ1n) is 17.5. The number of phenols is 1. The molecule has 1 heteroatoms. The van der Waals surface area contributed by atoms with Gasteiger partial charge in [0.25, 0.3) is 0 Å². The van der Waals surface area contributed by atoms with Crippen LogP contribution in [0.15, 0.2) is 24.3 Å². The molecule has 38 heavy (non-hydrogen) atoms. The van der Waals surface area contributed by atoms with Crippen molar-refractivity contribution in [1.82, 2.24) is 0 Å². The van der Waals surface area contributed by atoms with Crippen molar-refractivity contribution in [1.29, 1.82) is 0 Å². The fraction of sp³-hybridized carbons (Fsp3) is 0.838. The average molecular weight is 529 g/mol. The molecule has 1 aromatic rings. The summed E-state index contributed by atoms with van der Waals surface area (Å²) in [6, 6.07) is 8.31. The summed E-state index contributed by atoms with van der Waals surface area (Å²) < 4.78 is 0. The Morgan fingerprint density at radius 2 is 0.789 bits per heavy atom. The number of unbranched alkanes of at least 4 members (excludes halogenated alkanes) is 20. The second kappa shape index (κ2) is 26.3. The molecule has 0 aromatic heterocycles. The molecule has 222 valence electrons. The van der Waals surface area contributed by atoms with Gasteiger partial charge in [-0.1, -0.05) is 187 Å². The molecule has 1 unspecified atom stereocenters. The molecule has 0 aliphatic rings. The Labute approximate surface area is 240 Å². The minimum absolute atomic E-state index is 0.529. The Morgan fingerprint density at radius 3 is 1.18 bits per heavy atom. The standard InChI is InChI=1S/C37H68O/c1-4-7-10-13-16-17-20-23-26-31-35(36-32-27-28-33-37(36)38)34(29-24-21-18-14-11-8-5-2)30-25-22-19-15-12-9-6-3/h27-28,32-35,38H,4-26,29-31H2,1-3H3. The molecule has 0 saturated carbocycles.